The molecule has 2 heterocycles. The van der Waals surface area contributed by atoms with Crippen LogP contribution in [0.2, 0.25) is 0 Å². The smallest absolute Gasteiger partial charge is 0.126 e. The highest BCUT2D eigenvalue weighted by Crippen LogP contribution is 2.33. The van der Waals surface area contributed by atoms with Gasteiger partial charge in [0.2, 0.25) is 0 Å². The molecule has 1 aliphatic heterocycles. The second-order valence-electron chi connectivity index (χ2n) is 5.31. The van der Waals surface area contributed by atoms with Crippen molar-refractivity contribution in [3.8, 4) is 12.3 Å². The van der Waals surface area contributed by atoms with Gasteiger partial charge in [-0.15, -0.1) is 6.42 Å². The summed E-state index contributed by atoms with van der Waals surface area (Å²) >= 11 is 0. The third-order valence-corrected chi connectivity index (χ3v) is 3.67. The van der Waals surface area contributed by atoms with Crippen LogP contribution in [0.1, 0.15) is 36.9 Å². The Kier molecular flexibility index (Phi) is 3.70. The molecule has 0 amide bonds. The summed E-state index contributed by atoms with van der Waals surface area (Å²) in [5.41, 5.74) is 1.22. The van der Waals surface area contributed by atoms with Gasteiger partial charge in [0.1, 0.15) is 5.60 Å². The number of hydrogen-bond donors (Lipinski definition) is 1. The molecule has 3 heteroatoms. The van der Waals surface area contributed by atoms with E-state index < -0.39 is 5.60 Å². The number of likely N-dealkylation sites (tertiary alicyclic amines) is 1. The quantitative estimate of drug-likeness (QED) is 0.823. The topological polar surface area (TPSA) is 36.4 Å². The van der Waals surface area contributed by atoms with Crippen molar-refractivity contribution in [1.82, 2.24) is 9.88 Å². The van der Waals surface area contributed by atoms with E-state index in [1.807, 2.05) is 12.3 Å². The van der Waals surface area contributed by atoms with Crippen molar-refractivity contribution in [1.29, 1.82) is 0 Å². The predicted molar refractivity (Wildman–Crippen MR) is 72.0 cm³/mol. The highest BCUT2D eigenvalue weighted by Gasteiger charge is 2.27. The zero-order valence-electron chi connectivity index (χ0n) is 11.1. The van der Waals surface area contributed by atoms with E-state index in [-0.39, 0.29) is 0 Å². The van der Waals surface area contributed by atoms with Crippen molar-refractivity contribution in [3.63, 3.8) is 0 Å². The lowest BCUT2D eigenvalue weighted by Crippen LogP contribution is -2.26. The molecule has 18 heavy (non-hydrogen) atoms. The van der Waals surface area contributed by atoms with E-state index in [0.717, 1.165) is 18.5 Å². The number of terminal acetylenes is 1. The first kappa shape index (κ1) is 13.1. The van der Waals surface area contributed by atoms with Crippen LogP contribution >= 0.6 is 0 Å². The van der Waals surface area contributed by atoms with E-state index in [4.69, 9.17) is 6.42 Å². The Morgan fingerprint density at radius 1 is 1.67 bits per heavy atom. The standard InChI is InChI=1S/C15H20N2O/c1-4-15(2,18)10-12-7-8-16-11-13(12)14-6-5-9-17(14)3/h1,7-8,11,14,18H,5-6,9-10H2,2-3H3. The molecule has 0 aromatic carbocycles. The van der Waals surface area contributed by atoms with Crippen LogP contribution in [0.4, 0.5) is 0 Å². The number of aromatic nitrogens is 1. The molecule has 1 aromatic rings. The minimum atomic E-state index is -1.09. The molecular formula is C15H20N2O. The average molecular weight is 244 g/mol. The van der Waals surface area contributed by atoms with Gasteiger partial charge in [0, 0.05) is 24.9 Å². The second kappa shape index (κ2) is 5.09. The highest BCUT2D eigenvalue weighted by atomic mass is 16.3. The van der Waals surface area contributed by atoms with Crippen LogP contribution in [0.15, 0.2) is 18.5 Å². The van der Waals surface area contributed by atoms with Gasteiger partial charge >= 0.3 is 0 Å². The Labute approximate surface area is 109 Å². The molecule has 1 aliphatic rings. The number of nitrogens with zero attached hydrogens (tertiary/aromatic N) is 2. The van der Waals surface area contributed by atoms with E-state index in [9.17, 15) is 5.11 Å². The molecule has 0 bridgehead atoms. The highest BCUT2D eigenvalue weighted by molar-refractivity contribution is 5.30. The van der Waals surface area contributed by atoms with Gasteiger partial charge in [-0.05, 0) is 50.6 Å². The van der Waals surface area contributed by atoms with Crippen LogP contribution in [0.5, 0.6) is 0 Å². The van der Waals surface area contributed by atoms with Crippen molar-refractivity contribution in [2.75, 3.05) is 13.6 Å². The maximum absolute atomic E-state index is 10.0. The number of rotatable bonds is 3. The Morgan fingerprint density at radius 3 is 3.06 bits per heavy atom. The lowest BCUT2D eigenvalue weighted by molar-refractivity contribution is 0.122. The molecule has 0 radical (unpaired) electrons. The fourth-order valence-corrected chi connectivity index (χ4v) is 2.62. The van der Waals surface area contributed by atoms with Gasteiger partial charge in [-0.3, -0.25) is 9.88 Å². The van der Waals surface area contributed by atoms with Crippen molar-refractivity contribution in [3.05, 3.63) is 29.6 Å². The molecule has 1 fully saturated rings. The predicted octanol–water partition coefficient (Wildman–Crippen LogP) is 1.77. The lowest BCUT2D eigenvalue weighted by atomic mass is 9.91. The van der Waals surface area contributed by atoms with Gasteiger partial charge in [0.15, 0.2) is 0 Å². The van der Waals surface area contributed by atoms with Gasteiger partial charge in [-0.1, -0.05) is 5.92 Å². The van der Waals surface area contributed by atoms with Crippen LogP contribution in [0.25, 0.3) is 0 Å². The van der Waals surface area contributed by atoms with Gasteiger partial charge in [0.25, 0.3) is 0 Å². The van der Waals surface area contributed by atoms with Crippen LogP contribution in [0.3, 0.4) is 0 Å². The third kappa shape index (κ3) is 2.72. The first-order chi connectivity index (χ1) is 8.53. The molecule has 0 aliphatic carbocycles. The molecule has 3 nitrogen and oxygen atoms in total. The largest absolute Gasteiger partial charge is 0.378 e. The summed E-state index contributed by atoms with van der Waals surface area (Å²) in [6.45, 7) is 2.79. The first-order valence-electron chi connectivity index (χ1n) is 6.37. The summed E-state index contributed by atoms with van der Waals surface area (Å²) in [4.78, 5) is 6.56. The van der Waals surface area contributed by atoms with Crippen LogP contribution < -0.4 is 0 Å². The minimum Gasteiger partial charge on any atom is -0.378 e. The van der Waals surface area contributed by atoms with E-state index in [0.29, 0.717) is 12.5 Å². The summed E-state index contributed by atoms with van der Waals surface area (Å²) in [5, 5.41) is 10.0. The van der Waals surface area contributed by atoms with E-state index in [1.54, 1.807) is 13.1 Å². The summed E-state index contributed by atoms with van der Waals surface area (Å²) < 4.78 is 0. The molecule has 2 rings (SSSR count). The molecular weight excluding hydrogens is 224 g/mol. The van der Waals surface area contributed by atoms with Crippen LogP contribution in [-0.2, 0) is 6.42 Å². The van der Waals surface area contributed by atoms with Crippen LogP contribution in [0, 0.1) is 12.3 Å². The van der Waals surface area contributed by atoms with Crippen molar-refractivity contribution in [2.45, 2.75) is 37.8 Å². The monoisotopic (exact) mass is 244 g/mol. The maximum atomic E-state index is 10.0. The molecule has 96 valence electrons. The molecule has 2 atom stereocenters. The lowest BCUT2D eigenvalue weighted by Gasteiger charge is -2.24. The van der Waals surface area contributed by atoms with Gasteiger partial charge < -0.3 is 5.11 Å². The van der Waals surface area contributed by atoms with Gasteiger partial charge in [-0.2, -0.15) is 0 Å². The third-order valence-electron chi connectivity index (χ3n) is 3.67. The van der Waals surface area contributed by atoms with Crippen molar-refractivity contribution >= 4 is 0 Å². The van der Waals surface area contributed by atoms with Gasteiger partial charge in [-0.25, -0.2) is 0 Å². The minimum absolute atomic E-state index is 0.405. The number of pyridine rings is 1. The second-order valence-corrected chi connectivity index (χ2v) is 5.31. The first-order valence-corrected chi connectivity index (χ1v) is 6.37. The Hall–Kier alpha value is -1.37. The molecule has 2 unspecified atom stereocenters. The van der Waals surface area contributed by atoms with Gasteiger partial charge in [0.05, 0.1) is 0 Å². The summed E-state index contributed by atoms with van der Waals surface area (Å²) in [5.74, 6) is 2.44. The molecule has 1 aromatic heterocycles. The number of hydrogen-bond acceptors (Lipinski definition) is 3. The van der Waals surface area contributed by atoms with Crippen LogP contribution in [-0.4, -0.2) is 34.2 Å². The average Bonchev–Trinajstić information content (AvgIpc) is 2.76. The van der Waals surface area contributed by atoms with E-state index >= 15 is 0 Å². The zero-order chi connectivity index (χ0) is 13.2. The zero-order valence-corrected chi connectivity index (χ0v) is 11.1. The normalized spacial score (nSPS) is 23.6. The Bertz CT molecular complexity index is 462. The Balaban J connectivity index is 2.29. The molecule has 1 saturated heterocycles. The fraction of sp³-hybridized carbons (Fsp3) is 0.533. The maximum Gasteiger partial charge on any atom is 0.126 e. The SMILES string of the molecule is C#CC(C)(O)Cc1ccncc1C1CCCN1C. The fourth-order valence-electron chi connectivity index (χ4n) is 2.62. The summed E-state index contributed by atoms with van der Waals surface area (Å²) in [6, 6.07) is 2.37. The Morgan fingerprint density at radius 2 is 2.44 bits per heavy atom. The van der Waals surface area contributed by atoms with E-state index in [2.05, 4.69) is 22.9 Å². The van der Waals surface area contributed by atoms with E-state index in [1.165, 1.54) is 12.0 Å². The molecule has 0 spiro atoms. The van der Waals surface area contributed by atoms with Crippen molar-refractivity contribution < 1.29 is 5.11 Å². The summed E-state index contributed by atoms with van der Waals surface area (Å²) in [7, 11) is 2.13. The van der Waals surface area contributed by atoms with Crippen molar-refractivity contribution in [2.24, 2.45) is 0 Å². The molecule has 1 N–H and O–H groups in total. The number of aliphatic hydroxyl groups is 1. The molecule has 0 saturated carbocycles. The summed E-state index contributed by atoms with van der Waals surface area (Å²) in [6.07, 6.45) is 11.9.